The molecule has 1 aliphatic heterocycles. The molecule has 8 heteroatoms. The van der Waals surface area contributed by atoms with E-state index in [1.54, 1.807) is 30.3 Å². The van der Waals surface area contributed by atoms with Gasteiger partial charge in [0.2, 0.25) is 0 Å². The third-order valence-electron chi connectivity index (χ3n) is 4.50. The first kappa shape index (κ1) is 21.6. The second-order valence-electron chi connectivity index (χ2n) is 6.68. The lowest BCUT2D eigenvalue weighted by Crippen LogP contribution is -2.33. The zero-order chi connectivity index (χ0) is 20.1. The fourth-order valence-corrected chi connectivity index (χ4v) is 4.34. The Balaban J connectivity index is 1.53. The average molecular weight is 445 g/mol. The van der Waals surface area contributed by atoms with Crippen molar-refractivity contribution in [2.45, 2.75) is 50.1 Å². The minimum Gasteiger partial charge on any atom is -0.348 e. The zero-order valence-electron chi connectivity index (χ0n) is 15.4. The largest absolute Gasteiger partial charge is 0.348 e. The highest BCUT2D eigenvalue weighted by Crippen LogP contribution is 2.28. The summed E-state index contributed by atoms with van der Waals surface area (Å²) in [5.41, 5.74) is 1.68. The number of aryl methyl sites for hydroxylation is 1. The highest BCUT2D eigenvalue weighted by Gasteiger charge is 2.26. The Morgan fingerprint density at radius 3 is 2.43 bits per heavy atom. The second-order valence-corrected chi connectivity index (χ2v) is 9.11. The van der Waals surface area contributed by atoms with Crippen LogP contribution in [-0.4, -0.2) is 27.4 Å². The predicted octanol–water partition coefficient (Wildman–Crippen LogP) is 5.12. The zero-order valence-corrected chi connectivity index (χ0v) is 17.8. The first-order valence-electron chi connectivity index (χ1n) is 9.01. The molecule has 1 saturated heterocycles. The van der Waals surface area contributed by atoms with Crippen molar-refractivity contribution >= 4 is 33.3 Å². The minimum absolute atomic E-state index is 0.0527. The maximum Gasteiger partial charge on any atom is 0.297 e. The van der Waals surface area contributed by atoms with E-state index < -0.39 is 16.4 Å². The molecule has 0 aromatic heterocycles. The predicted molar refractivity (Wildman–Crippen MR) is 108 cm³/mol. The Hall–Kier alpha value is -1.15. The van der Waals surface area contributed by atoms with Crippen LogP contribution < -0.4 is 0 Å². The topological polar surface area (TPSA) is 61.8 Å². The van der Waals surface area contributed by atoms with Crippen molar-refractivity contribution in [2.75, 3.05) is 6.61 Å². The molecule has 5 nitrogen and oxygen atoms in total. The molecule has 0 N–H and O–H groups in total. The van der Waals surface area contributed by atoms with E-state index in [1.807, 2.05) is 6.92 Å². The summed E-state index contributed by atoms with van der Waals surface area (Å²) in [7, 11) is -3.82. The summed E-state index contributed by atoms with van der Waals surface area (Å²) in [5, 5.41) is 1.07. The van der Waals surface area contributed by atoms with Gasteiger partial charge in [-0.1, -0.05) is 47.0 Å². The third-order valence-corrected chi connectivity index (χ3v) is 6.51. The smallest absolute Gasteiger partial charge is 0.297 e. The molecule has 152 valence electrons. The molecule has 2 aromatic rings. The van der Waals surface area contributed by atoms with Gasteiger partial charge in [-0.3, -0.25) is 4.18 Å². The van der Waals surface area contributed by atoms with Crippen molar-refractivity contribution in [3.63, 3.8) is 0 Å². The van der Waals surface area contributed by atoms with Crippen molar-refractivity contribution in [2.24, 2.45) is 0 Å². The first-order chi connectivity index (χ1) is 13.3. The number of halogens is 2. The third kappa shape index (κ3) is 5.69. The van der Waals surface area contributed by atoms with Gasteiger partial charge in [0.15, 0.2) is 6.29 Å². The Morgan fingerprint density at radius 2 is 1.75 bits per heavy atom. The highest BCUT2D eigenvalue weighted by atomic mass is 35.5. The van der Waals surface area contributed by atoms with Gasteiger partial charge in [-0.05, 0) is 50.5 Å². The van der Waals surface area contributed by atoms with Gasteiger partial charge in [0.1, 0.15) is 0 Å². The summed E-state index contributed by atoms with van der Waals surface area (Å²) >= 11 is 12.3. The Morgan fingerprint density at radius 1 is 1.07 bits per heavy atom. The standard InChI is InChI=1S/C20H22Cl2O5S/c1-14-8-10-16(11-9-14)28(23,24)26-12-15-4-2-7-20(27-15)25-13-17-18(21)5-3-6-19(17)22/h3,5-6,8-11,15,20H,2,4,7,12-13H2,1H3. The summed E-state index contributed by atoms with van der Waals surface area (Å²) in [5.74, 6) is 0. The molecular formula is C20H22Cl2O5S. The molecule has 0 radical (unpaired) electrons. The maximum atomic E-state index is 12.3. The molecule has 0 bridgehead atoms. The van der Waals surface area contributed by atoms with Crippen molar-refractivity contribution in [3.8, 4) is 0 Å². The van der Waals surface area contributed by atoms with Crippen molar-refractivity contribution < 1.29 is 22.1 Å². The van der Waals surface area contributed by atoms with E-state index in [4.69, 9.17) is 36.9 Å². The molecular weight excluding hydrogens is 423 g/mol. The molecule has 1 heterocycles. The molecule has 0 saturated carbocycles. The van der Waals surface area contributed by atoms with E-state index in [0.717, 1.165) is 12.0 Å². The van der Waals surface area contributed by atoms with Crippen LogP contribution in [0.1, 0.15) is 30.4 Å². The van der Waals surface area contributed by atoms with Crippen LogP contribution in [0.2, 0.25) is 10.0 Å². The van der Waals surface area contributed by atoms with Crippen molar-refractivity contribution in [3.05, 3.63) is 63.6 Å². The quantitative estimate of drug-likeness (QED) is 0.554. The molecule has 1 fully saturated rings. The van der Waals surface area contributed by atoms with E-state index in [2.05, 4.69) is 0 Å². The Kier molecular flexibility index (Phi) is 7.36. The molecule has 2 atom stereocenters. The SMILES string of the molecule is Cc1ccc(S(=O)(=O)OCC2CCCC(OCc3c(Cl)cccc3Cl)O2)cc1. The number of hydrogen-bond acceptors (Lipinski definition) is 5. The molecule has 0 spiro atoms. The van der Waals surface area contributed by atoms with Crippen LogP contribution in [0, 0.1) is 6.92 Å². The Bertz CT molecular complexity index is 879. The van der Waals surface area contributed by atoms with Gasteiger partial charge in [0.25, 0.3) is 10.1 Å². The van der Waals surface area contributed by atoms with E-state index in [1.165, 1.54) is 12.1 Å². The van der Waals surface area contributed by atoms with Gasteiger partial charge < -0.3 is 9.47 Å². The normalized spacial score (nSPS) is 20.2. The van der Waals surface area contributed by atoms with Gasteiger partial charge in [0.05, 0.1) is 24.2 Å². The molecule has 2 unspecified atom stereocenters. The van der Waals surface area contributed by atoms with E-state index in [0.29, 0.717) is 28.5 Å². The van der Waals surface area contributed by atoms with Crippen LogP contribution in [0.15, 0.2) is 47.4 Å². The first-order valence-corrected chi connectivity index (χ1v) is 11.2. The molecule has 0 aliphatic carbocycles. The van der Waals surface area contributed by atoms with E-state index >= 15 is 0 Å². The van der Waals surface area contributed by atoms with Gasteiger partial charge in [-0.25, -0.2) is 0 Å². The summed E-state index contributed by atoms with van der Waals surface area (Å²) < 4.78 is 41.5. The number of rotatable bonds is 7. The van der Waals surface area contributed by atoms with E-state index in [-0.39, 0.29) is 24.2 Å². The van der Waals surface area contributed by atoms with Crippen LogP contribution in [0.3, 0.4) is 0 Å². The van der Waals surface area contributed by atoms with Gasteiger partial charge in [0, 0.05) is 15.6 Å². The van der Waals surface area contributed by atoms with E-state index in [9.17, 15) is 8.42 Å². The molecule has 0 amide bonds. The summed E-state index contributed by atoms with van der Waals surface area (Å²) in [6.07, 6.45) is 1.44. The number of ether oxygens (including phenoxy) is 2. The lowest BCUT2D eigenvalue weighted by molar-refractivity contribution is -0.204. The van der Waals surface area contributed by atoms with Crippen LogP contribution >= 0.6 is 23.2 Å². The summed E-state index contributed by atoms with van der Waals surface area (Å²) in [6, 6.07) is 11.8. The van der Waals surface area contributed by atoms with Gasteiger partial charge in [-0.2, -0.15) is 8.42 Å². The van der Waals surface area contributed by atoms with Crippen LogP contribution in [0.5, 0.6) is 0 Å². The minimum atomic E-state index is -3.82. The van der Waals surface area contributed by atoms with Crippen LogP contribution in [0.25, 0.3) is 0 Å². The van der Waals surface area contributed by atoms with Gasteiger partial charge in [-0.15, -0.1) is 0 Å². The molecule has 3 rings (SSSR count). The Labute approximate surface area is 175 Å². The van der Waals surface area contributed by atoms with Crippen LogP contribution in [-0.2, 0) is 30.4 Å². The lowest BCUT2D eigenvalue weighted by atomic mass is 10.1. The summed E-state index contributed by atoms with van der Waals surface area (Å²) in [4.78, 5) is 0.134. The summed E-state index contributed by atoms with van der Waals surface area (Å²) in [6.45, 7) is 2.06. The van der Waals surface area contributed by atoms with Gasteiger partial charge >= 0.3 is 0 Å². The second kappa shape index (κ2) is 9.57. The molecule has 2 aromatic carbocycles. The van der Waals surface area contributed by atoms with Crippen molar-refractivity contribution in [1.29, 1.82) is 0 Å². The van der Waals surface area contributed by atoms with Crippen molar-refractivity contribution in [1.82, 2.24) is 0 Å². The average Bonchev–Trinajstić information content (AvgIpc) is 2.67. The highest BCUT2D eigenvalue weighted by molar-refractivity contribution is 7.86. The fourth-order valence-electron chi connectivity index (χ4n) is 2.89. The maximum absolute atomic E-state index is 12.3. The van der Waals surface area contributed by atoms with Crippen LogP contribution in [0.4, 0.5) is 0 Å². The monoisotopic (exact) mass is 444 g/mol. The molecule has 1 aliphatic rings. The lowest BCUT2D eigenvalue weighted by Gasteiger charge is -2.29. The number of hydrogen-bond donors (Lipinski definition) is 0. The molecule has 28 heavy (non-hydrogen) atoms. The fraction of sp³-hybridized carbons (Fsp3) is 0.400. The number of benzene rings is 2.